The average Bonchev–Trinajstić information content (AvgIpc) is 1.97. The van der Waals surface area contributed by atoms with Gasteiger partial charge >= 0.3 is 0 Å². The van der Waals surface area contributed by atoms with Gasteiger partial charge in [-0.05, 0) is 34.2 Å². The van der Waals surface area contributed by atoms with Gasteiger partial charge in [0, 0.05) is 11.6 Å². The van der Waals surface area contributed by atoms with E-state index >= 15 is 0 Å². The molecule has 0 saturated carbocycles. The van der Waals surface area contributed by atoms with E-state index in [1.54, 1.807) is 0 Å². The highest BCUT2D eigenvalue weighted by Crippen LogP contribution is 2.31. The summed E-state index contributed by atoms with van der Waals surface area (Å²) in [5, 5.41) is 9.56. The molecule has 0 aromatic carbocycles. The Morgan fingerprint density at radius 3 is 2.10 bits per heavy atom. The molecule has 60 valence electrons. The van der Waals surface area contributed by atoms with Crippen molar-refractivity contribution in [3.8, 4) is 0 Å². The quantitative estimate of drug-likeness (QED) is 0.543. The molecule has 1 saturated heterocycles. The zero-order valence-electron chi connectivity index (χ0n) is 7.26. The third-order valence-electron chi connectivity index (χ3n) is 2.95. The number of aliphatic hydroxyl groups is 1. The summed E-state index contributed by atoms with van der Waals surface area (Å²) in [5.74, 6) is 0. The number of aliphatic hydroxyl groups excluding tert-OH is 1. The van der Waals surface area contributed by atoms with Crippen LogP contribution in [0.5, 0.6) is 0 Å². The topological polar surface area (TPSA) is 23.5 Å². The molecule has 0 bridgehead atoms. The van der Waals surface area contributed by atoms with Crippen molar-refractivity contribution < 1.29 is 5.11 Å². The summed E-state index contributed by atoms with van der Waals surface area (Å²) in [7, 11) is 2.07. The summed E-state index contributed by atoms with van der Waals surface area (Å²) in [6.07, 6.45) is 0.747. The van der Waals surface area contributed by atoms with Gasteiger partial charge in [-0.3, -0.25) is 4.90 Å². The van der Waals surface area contributed by atoms with Crippen LogP contribution < -0.4 is 0 Å². The molecule has 0 spiro atoms. The third kappa shape index (κ3) is 0.956. The minimum atomic E-state index is -0.160. The maximum Gasteiger partial charge on any atom is 0.0733 e. The minimum Gasteiger partial charge on any atom is -0.391 e. The van der Waals surface area contributed by atoms with Gasteiger partial charge in [0.2, 0.25) is 0 Å². The lowest BCUT2D eigenvalue weighted by Gasteiger charge is -2.32. The van der Waals surface area contributed by atoms with Crippen molar-refractivity contribution >= 4 is 0 Å². The predicted octanol–water partition coefficient (Wildman–Crippen LogP) is 0.850. The highest BCUT2D eigenvalue weighted by molar-refractivity contribution is 4.97. The molecule has 0 aliphatic carbocycles. The molecular weight excluding hydrogens is 126 g/mol. The lowest BCUT2D eigenvalue weighted by molar-refractivity contribution is 0.0631. The Hall–Kier alpha value is -0.0800. The predicted molar refractivity (Wildman–Crippen MR) is 41.9 cm³/mol. The summed E-state index contributed by atoms with van der Waals surface area (Å²) in [6.45, 7) is 6.32. The van der Waals surface area contributed by atoms with E-state index < -0.39 is 0 Å². The van der Waals surface area contributed by atoms with Gasteiger partial charge in [0.25, 0.3) is 0 Å². The first-order chi connectivity index (χ1) is 4.46. The zero-order valence-corrected chi connectivity index (χ0v) is 7.26. The van der Waals surface area contributed by atoms with Crippen LogP contribution in [-0.2, 0) is 0 Å². The van der Waals surface area contributed by atoms with Crippen LogP contribution in [0, 0.1) is 0 Å². The summed E-state index contributed by atoms with van der Waals surface area (Å²) in [4.78, 5) is 2.23. The van der Waals surface area contributed by atoms with Gasteiger partial charge in [0.1, 0.15) is 0 Å². The molecule has 0 aromatic rings. The first-order valence-electron chi connectivity index (χ1n) is 3.87. The second kappa shape index (κ2) is 2.21. The van der Waals surface area contributed by atoms with E-state index in [0.29, 0.717) is 6.04 Å². The van der Waals surface area contributed by atoms with Crippen molar-refractivity contribution in [1.82, 2.24) is 4.90 Å². The Morgan fingerprint density at radius 2 is 2.00 bits per heavy atom. The van der Waals surface area contributed by atoms with Crippen LogP contribution >= 0.6 is 0 Å². The minimum absolute atomic E-state index is 0.0284. The molecule has 1 fully saturated rings. The van der Waals surface area contributed by atoms with E-state index in [1.165, 1.54) is 0 Å². The van der Waals surface area contributed by atoms with E-state index in [2.05, 4.69) is 32.7 Å². The van der Waals surface area contributed by atoms with Crippen LogP contribution in [0.4, 0.5) is 0 Å². The molecule has 1 rings (SSSR count). The molecule has 0 radical (unpaired) electrons. The van der Waals surface area contributed by atoms with Crippen molar-refractivity contribution in [2.45, 2.75) is 44.9 Å². The van der Waals surface area contributed by atoms with Gasteiger partial charge in [-0.2, -0.15) is 0 Å². The number of likely N-dealkylation sites (N-methyl/N-ethyl adjacent to an activating group) is 1. The maximum atomic E-state index is 9.56. The van der Waals surface area contributed by atoms with Crippen LogP contribution in [0.3, 0.4) is 0 Å². The fraction of sp³-hybridized carbons (Fsp3) is 1.00. The molecule has 1 aliphatic rings. The lowest BCUT2D eigenvalue weighted by Crippen LogP contribution is -2.44. The first kappa shape index (κ1) is 8.02. The molecule has 2 heteroatoms. The van der Waals surface area contributed by atoms with Crippen LogP contribution in [0.1, 0.15) is 27.2 Å². The Morgan fingerprint density at radius 1 is 1.50 bits per heavy atom. The summed E-state index contributed by atoms with van der Waals surface area (Å²) < 4.78 is 0. The highest BCUT2D eigenvalue weighted by atomic mass is 16.3. The molecule has 0 aromatic heterocycles. The van der Waals surface area contributed by atoms with Crippen molar-refractivity contribution in [2.75, 3.05) is 7.05 Å². The van der Waals surface area contributed by atoms with Gasteiger partial charge < -0.3 is 5.11 Å². The van der Waals surface area contributed by atoms with Crippen LogP contribution in [0.2, 0.25) is 0 Å². The van der Waals surface area contributed by atoms with Crippen molar-refractivity contribution in [3.05, 3.63) is 0 Å². The standard InChI is InChI=1S/C8H17NO/c1-6-5-7(10)8(2,3)9(6)4/h6-7,10H,5H2,1-4H3. The molecule has 1 heterocycles. The van der Waals surface area contributed by atoms with E-state index in [0.717, 1.165) is 6.42 Å². The summed E-state index contributed by atoms with van der Waals surface area (Å²) >= 11 is 0. The first-order valence-corrected chi connectivity index (χ1v) is 3.87. The lowest BCUT2D eigenvalue weighted by atomic mass is 9.99. The monoisotopic (exact) mass is 143 g/mol. The molecular formula is C8H17NO. The number of nitrogens with zero attached hydrogens (tertiary/aromatic N) is 1. The second-order valence-electron chi connectivity index (χ2n) is 3.87. The van der Waals surface area contributed by atoms with Gasteiger partial charge in [-0.25, -0.2) is 0 Å². The normalized spacial score (nSPS) is 40.5. The van der Waals surface area contributed by atoms with E-state index in [1.807, 2.05) is 0 Å². The van der Waals surface area contributed by atoms with Gasteiger partial charge in [0.05, 0.1) is 6.10 Å². The smallest absolute Gasteiger partial charge is 0.0733 e. The van der Waals surface area contributed by atoms with Gasteiger partial charge in [-0.15, -0.1) is 0 Å². The number of hydrogen-bond acceptors (Lipinski definition) is 2. The highest BCUT2D eigenvalue weighted by Gasteiger charge is 2.41. The summed E-state index contributed by atoms with van der Waals surface area (Å²) in [5.41, 5.74) is -0.0284. The van der Waals surface area contributed by atoms with Crippen molar-refractivity contribution in [3.63, 3.8) is 0 Å². The van der Waals surface area contributed by atoms with Crippen molar-refractivity contribution in [1.29, 1.82) is 0 Å². The number of hydrogen-bond donors (Lipinski definition) is 1. The average molecular weight is 143 g/mol. The van der Waals surface area contributed by atoms with Crippen LogP contribution in [-0.4, -0.2) is 34.7 Å². The Balaban J connectivity index is 2.75. The molecule has 1 aliphatic heterocycles. The largest absolute Gasteiger partial charge is 0.391 e. The number of likely N-dealkylation sites (tertiary alicyclic amines) is 1. The fourth-order valence-electron chi connectivity index (χ4n) is 1.57. The molecule has 2 unspecified atom stereocenters. The molecule has 10 heavy (non-hydrogen) atoms. The van der Waals surface area contributed by atoms with E-state index in [-0.39, 0.29) is 11.6 Å². The SMILES string of the molecule is CC1CC(O)C(C)(C)N1C. The van der Waals surface area contributed by atoms with Crippen LogP contribution in [0.25, 0.3) is 0 Å². The van der Waals surface area contributed by atoms with Gasteiger partial charge in [-0.1, -0.05) is 0 Å². The summed E-state index contributed by atoms with van der Waals surface area (Å²) in [6, 6.07) is 0.519. The Labute approximate surface area is 62.8 Å². The van der Waals surface area contributed by atoms with Crippen LogP contribution in [0.15, 0.2) is 0 Å². The second-order valence-corrected chi connectivity index (χ2v) is 3.87. The Bertz CT molecular complexity index is 133. The van der Waals surface area contributed by atoms with E-state index in [4.69, 9.17) is 0 Å². The number of rotatable bonds is 0. The molecule has 2 nitrogen and oxygen atoms in total. The molecule has 0 amide bonds. The van der Waals surface area contributed by atoms with Crippen molar-refractivity contribution in [2.24, 2.45) is 0 Å². The molecule has 2 atom stereocenters. The zero-order chi connectivity index (χ0) is 7.94. The Kier molecular flexibility index (Phi) is 1.77. The van der Waals surface area contributed by atoms with E-state index in [9.17, 15) is 5.11 Å². The molecule has 1 N–H and O–H groups in total. The third-order valence-corrected chi connectivity index (χ3v) is 2.95. The van der Waals surface area contributed by atoms with Gasteiger partial charge in [0.15, 0.2) is 0 Å². The maximum absolute atomic E-state index is 9.56. The fourth-order valence-corrected chi connectivity index (χ4v) is 1.57.